The molecule has 0 N–H and O–H groups in total. The van der Waals surface area contributed by atoms with Gasteiger partial charge in [-0.05, 0) is 0 Å². The first kappa shape index (κ1) is 14.0. The van der Waals surface area contributed by atoms with Crippen molar-refractivity contribution in [2.45, 2.75) is 0 Å². The Kier molecular flexibility index (Phi) is 6.98. The van der Waals surface area contributed by atoms with Crippen LogP contribution in [0.15, 0.2) is 0 Å². The van der Waals surface area contributed by atoms with Gasteiger partial charge in [0, 0.05) is 43.2 Å². The summed E-state index contributed by atoms with van der Waals surface area (Å²) in [6.07, 6.45) is 0. The molecule has 0 aromatic heterocycles. The van der Waals surface area contributed by atoms with Gasteiger partial charge in [0.15, 0.2) is 0 Å². The summed E-state index contributed by atoms with van der Waals surface area (Å²) in [6, 6.07) is 0. The third-order valence-electron chi connectivity index (χ3n) is 1.82. The number of thiol groups is 2. The fourth-order valence-corrected chi connectivity index (χ4v) is 1.85. The molecule has 1 fully saturated rings. The van der Waals surface area contributed by atoms with Gasteiger partial charge in [-0.25, -0.2) is 0 Å². The van der Waals surface area contributed by atoms with Crippen LogP contribution in [0.4, 0.5) is 0 Å². The van der Waals surface area contributed by atoms with Gasteiger partial charge in [0.1, 0.15) is 8.64 Å². The van der Waals surface area contributed by atoms with Crippen LogP contribution in [0, 0.1) is 0 Å². The first-order valence-electron chi connectivity index (χ1n) is 3.57. The van der Waals surface area contributed by atoms with Crippen molar-refractivity contribution in [3.05, 3.63) is 0 Å². The Morgan fingerprint density at radius 1 is 0.846 bits per heavy atom. The van der Waals surface area contributed by atoms with Gasteiger partial charge in [0.2, 0.25) is 0 Å². The van der Waals surface area contributed by atoms with Crippen LogP contribution in [0.3, 0.4) is 0 Å². The maximum absolute atomic E-state index is 4.94. The zero-order valence-corrected chi connectivity index (χ0v) is 11.1. The maximum atomic E-state index is 4.94. The van der Waals surface area contributed by atoms with Crippen LogP contribution in [-0.2, 0) is 17.1 Å². The summed E-state index contributed by atoms with van der Waals surface area (Å²) >= 11 is 18.1. The monoisotopic (exact) mass is 301 g/mol. The number of hydrogen-bond donors (Lipinski definition) is 2. The molecule has 1 aliphatic rings. The Labute approximate surface area is 111 Å². The number of rotatable bonds is 0. The van der Waals surface area contributed by atoms with Crippen LogP contribution < -0.4 is 0 Å². The van der Waals surface area contributed by atoms with Crippen LogP contribution in [0.5, 0.6) is 0 Å². The van der Waals surface area contributed by atoms with Crippen molar-refractivity contribution in [2.75, 3.05) is 26.2 Å². The van der Waals surface area contributed by atoms with Gasteiger partial charge in [-0.2, -0.15) is 0 Å². The van der Waals surface area contributed by atoms with E-state index >= 15 is 0 Å². The van der Waals surface area contributed by atoms with Crippen LogP contribution >= 0.6 is 49.7 Å². The molecule has 79 valence electrons. The second kappa shape index (κ2) is 6.48. The molecule has 0 unspecified atom stereocenters. The van der Waals surface area contributed by atoms with E-state index in [4.69, 9.17) is 24.4 Å². The van der Waals surface area contributed by atoms with Gasteiger partial charge < -0.3 is 9.80 Å². The first-order chi connectivity index (χ1) is 5.61. The molecule has 0 aromatic rings. The van der Waals surface area contributed by atoms with E-state index in [9.17, 15) is 0 Å². The zero-order chi connectivity index (χ0) is 9.14. The summed E-state index contributed by atoms with van der Waals surface area (Å²) in [4.78, 5) is 4.11. The molecule has 0 atom stereocenters. The molecule has 13 heavy (non-hydrogen) atoms. The molecule has 0 amide bonds. The van der Waals surface area contributed by atoms with E-state index in [0.717, 1.165) is 26.2 Å². The standard InChI is InChI=1S/C6H10N2S4.Cu/c9-5(10)7-1-2-8(4-3-7)6(11)12;/h1-4H2,(H,9,10)(H,11,12);. The van der Waals surface area contributed by atoms with Gasteiger partial charge in [-0.3, -0.25) is 0 Å². The van der Waals surface area contributed by atoms with Crippen molar-refractivity contribution in [1.29, 1.82) is 0 Å². The zero-order valence-electron chi connectivity index (χ0n) is 6.74. The largest absolute Gasteiger partial charge is 0.354 e. The second-order valence-corrected chi connectivity index (χ2v) is 4.76. The minimum Gasteiger partial charge on any atom is -0.354 e. The summed E-state index contributed by atoms with van der Waals surface area (Å²) in [7, 11) is 0. The molecule has 1 aliphatic heterocycles. The molecule has 1 saturated heterocycles. The fraction of sp³-hybridized carbons (Fsp3) is 0.667. The van der Waals surface area contributed by atoms with Crippen LogP contribution in [0.25, 0.3) is 0 Å². The van der Waals surface area contributed by atoms with Gasteiger partial charge in [0.25, 0.3) is 0 Å². The summed E-state index contributed by atoms with van der Waals surface area (Å²) in [5.74, 6) is 0. The second-order valence-electron chi connectivity index (χ2n) is 2.54. The maximum Gasteiger partial charge on any atom is 0.133 e. The molecule has 0 spiro atoms. The van der Waals surface area contributed by atoms with E-state index in [1.807, 2.05) is 0 Å². The van der Waals surface area contributed by atoms with E-state index in [1.165, 1.54) is 0 Å². The third kappa shape index (κ3) is 4.36. The molecular weight excluding hydrogens is 292 g/mol. The van der Waals surface area contributed by atoms with E-state index in [1.54, 1.807) is 0 Å². The minimum atomic E-state index is 0. The average Bonchev–Trinajstić information content (AvgIpc) is 2.04. The molecule has 1 rings (SSSR count). The quantitative estimate of drug-likeness (QED) is 0.392. The van der Waals surface area contributed by atoms with Crippen LogP contribution in [0.1, 0.15) is 0 Å². The summed E-state index contributed by atoms with van der Waals surface area (Å²) in [5, 5.41) is 0. The van der Waals surface area contributed by atoms with E-state index in [2.05, 4.69) is 35.1 Å². The Bertz CT molecular complexity index is 181. The fourth-order valence-electron chi connectivity index (χ4n) is 1.09. The van der Waals surface area contributed by atoms with Gasteiger partial charge in [-0.1, -0.05) is 24.4 Å². The molecule has 1 heterocycles. The third-order valence-corrected chi connectivity index (χ3v) is 2.90. The molecule has 7 heteroatoms. The summed E-state index contributed by atoms with van der Waals surface area (Å²) < 4.78 is 1.33. The first-order valence-corrected chi connectivity index (χ1v) is 5.28. The topological polar surface area (TPSA) is 6.48 Å². The molecule has 0 saturated carbocycles. The molecule has 0 aromatic carbocycles. The Balaban J connectivity index is 0.00000144. The predicted octanol–water partition coefficient (Wildman–Crippen LogP) is 1.03. The van der Waals surface area contributed by atoms with Gasteiger partial charge >= 0.3 is 0 Å². The number of thiocarbonyl (C=S) groups is 2. The van der Waals surface area contributed by atoms with Crippen molar-refractivity contribution in [1.82, 2.24) is 9.80 Å². The van der Waals surface area contributed by atoms with Crippen molar-refractivity contribution in [3.63, 3.8) is 0 Å². The Hall–Kier alpha value is 0.999. The molecule has 0 aliphatic carbocycles. The minimum absolute atomic E-state index is 0. The van der Waals surface area contributed by atoms with Crippen molar-refractivity contribution < 1.29 is 17.1 Å². The number of nitrogens with zero attached hydrogens (tertiary/aromatic N) is 2. The molecular formula is C6H10CuN2S4. The summed E-state index contributed by atoms with van der Waals surface area (Å²) in [6.45, 7) is 3.57. The summed E-state index contributed by atoms with van der Waals surface area (Å²) in [5.41, 5.74) is 0. The molecule has 1 radical (unpaired) electrons. The predicted molar refractivity (Wildman–Crippen MR) is 66.3 cm³/mol. The van der Waals surface area contributed by atoms with Crippen LogP contribution in [0.2, 0.25) is 0 Å². The number of hydrogen-bond acceptors (Lipinski definition) is 2. The van der Waals surface area contributed by atoms with Gasteiger partial charge in [0.05, 0.1) is 0 Å². The normalized spacial score (nSPS) is 16.5. The Morgan fingerprint density at radius 2 is 1.08 bits per heavy atom. The van der Waals surface area contributed by atoms with Crippen LogP contribution in [-0.4, -0.2) is 44.6 Å². The van der Waals surface area contributed by atoms with E-state index in [-0.39, 0.29) is 17.1 Å². The molecule has 2 nitrogen and oxygen atoms in total. The van der Waals surface area contributed by atoms with Crippen molar-refractivity contribution in [3.8, 4) is 0 Å². The van der Waals surface area contributed by atoms with Crippen molar-refractivity contribution in [2.24, 2.45) is 0 Å². The average molecular weight is 302 g/mol. The number of piperazine rings is 1. The van der Waals surface area contributed by atoms with Gasteiger partial charge in [-0.15, -0.1) is 25.3 Å². The molecule has 0 bridgehead atoms. The van der Waals surface area contributed by atoms with E-state index < -0.39 is 0 Å². The SMILES string of the molecule is S=C(S)N1CCN(C(=S)S)CC1.[Cu]. The van der Waals surface area contributed by atoms with E-state index in [0.29, 0.717) is 8.64 Å². The Morgan fingerprint density at radius 3 is 1.23 bits per heavy atom. The smallest absolute Gasteiger partial charge is 0.133 e. The van der Waals surface area contributed by atoms with Crippen molar-refractivity contribution >= 4 is 58.3 Å².